The van der Waals surface area contributed by atoms with E-state index in [1.807, 2.05) is 18.2 Å². The highest BCUT2D eigenvalue weighted by molar-refractivity contribution is 5.93. The first-order valence-corrected chi connectivity index (χ1v) is 8.61. The summed E-state index contributed by atoms with van der Waals surface area (Å²) in [6.07, 6.45) is 6.21. The number of carbonyl (C=O) groups is 4. The lowest BCUT2D eigenvalue weighted by atomic mass is 9.94. The van der Waals surface area contributed by atoms with Crippen LogP contribution in [-0.2, 0) is 35.3 Å². The molecule has 7 nitrogen and oxygen atoms in total. The number of benzene rings is 1. The third-order valence-electron chi connectivity index (χ3n) is 4.23. The molecule has 1 saturated heterocycles. The molecule has 1 aromatic carbocycles. The molecule has 0 saturated carbocycles. The number of rotatable bonds is 9. The first kappa shape index (κ1) is 20.2. The maximum absolute atomic E-state index is 12.7. The summed E-state index contributed by atoms with van der Waals surface area (Å²) in [7, 11) is 0. The zero-order valence-electron chi connectivity index (χ0n) is 14.8. The van der Waals surface area contributed by atoms with Gasteiger partial charge in [-0.15, -0.1) is 12.3 Å². The number of esters is 2. The van der Waals surface area contributed by atoms with Crippen molar-refractivity contribution in [3.63, 3.8) is 0 Å². The Bertz CT molecular complexity index is 739. The maximum atomic E-state index is 12.7. The zero-order valence-corrected chi connectivity index (χ0v) is 14.8. The molecule has 0 unspecified atom stereocenters. The molecule has 27 heavy (non-hydrogen) atoms. The van der Waals surface area contributed by atoms with E-state index >= 15 is 0 Å². The molecule has 1 aromatic rings. The predicted octanol–water partition coefficient (Wildman–Crippen LogP) is 1.29. The van der Waals surface area contributed by atoms with Crippen LogP contribution in [0.25, 0.3) is 0 Å². The van der Waals surface area contributed by atoms with Gasteiger partial charge in [0.25, 0.3) is 5.91 Å². The van der Waals surface area contributed by atoms with Crippen molar-refractivity contribution in [3.05, 3.63) is 35.9 Å². The van der Waals surface area contributed by atoms with Crippen molar-refractivity contribution in [2.45, 2.75) is 50.4 Å². The van der Waals surface area contributed by atoms with E-state index < -0.39 is 29.5 Å². The molecule has 0 radical (unpaired) electrons. The van der Waals surface area contributed by atoms with E-state index in [0.717, 1.165) is 5.56 Å². The van der Waals surface area contributed by atoms with Crippen molar-refractivity contribution in [1.29, 1.82) is 0 Å². The number of nitrogens with one attached hydrogen (secondary N) is 1. The Kier molecular flexibility index (Phi) is 7.12. The highest BCUT2D eigenvalue weighted by Gasteiger charge is 2.47. The molecule has 0 spiro atoms. The molecule has 142 valence electrons. The van der Waals surface area contributed by atoms with Crippen LogP contribution in [0, 0.1) is 12.3 Å². The summed E-state index contributed by atoms with van der Waals surface area (Å²) in [4.78, 5) is 47.3. The summed E-state index contributed by atoms with van der Waals surface area (Å²) >= 11 is 0. The highest BCUT2D eigenvalue weighted by Crippen LogP contribution is 2.30. The van der Waals surface area contributed by atoms with Gasteiger partial charge in [0, 0.05) is 19.3 Å². The maximum Gasteiger partial charge on any atom is 0.328 e. The van der Waals surface area contributed by atoms with Gasteiger partial charge in [-0.2, -0.15) is 0 Å². The monoisotopic (exact) mass is 371 g/mol. The van der Waals surface area contributed by atoms with Gasteiger partial charge in [0.05, 0.1) is 6.42 Å². The predicted molar refractivity (Wildman–Crippen MR) is 95.0 cm³/mol. The average molecular weight is 371 g/mol. The third-order valence-corrected chi connectivity index (χ3v) is 4.23. The lowest BCUT2D eigenvalue weighted by Gasteiger charge is -2.27. The molecule has 2 rings (SSSR count). The summed E-state index contributed by atoms with van der Waals surface area (Å²) in [5.41, 5.74) is -0.690. The second kappa shape index (κ2) is 9.53. The van der Waals surface area contributed by atoms with Crippen LogP contribution in [0.15, 0.2) is 30.3 Å². The Balaban J connectivity index is 2.04. The van der Waals surface area contributed by atoms with Crippen molar-refractivity contribution >= 4 is 24.1 Å². The molecule has 0 aromatic heterocycles. The molecule has 2 atom stereocenters. The normalized spacial score (nSPS) is 19.4. The zero-order chi connectivity index (χ0) is 19.7. The van der Waals surface area contributed by atoms with E-state index in [2.05, 4.69) is 11.2 Å². The quantitative estimate of drug-likeness (QED) is 0.399. The lowest BCUT2D eigenvalue weighted by molar-refractivity contribution is -0.160. The summed E-state index contributed by atoms with van der Waals surface area (Å²) in [5.74, 6) is 0.491. The first-order valence-electron chi connectivity index (χ1n) is 8.61. The lowest BCUT2D eigenvalue weighted by Crippen LogP contribution is -2.52. The number of hydrogen-bond acceptors (Lipinski definition) is 6. The van der Waals surface area contributed by atoms with Gasteiger partial charge in [0.1, 0.15) is 18.9 Å². The fourth-order valence-corrected chi connectivity index (χ4v) is 2.76. The Hall–Kier alpha value is -3.14. The van der Waals surface area contributed by atoms with Crippen LogP contribution < -0.4 is 5.32 Å². The summed E-state index contributed by atoms with van der Waals surface area (Å²) in [6.45, 7) is 0.0393. The number of aldehydes is 1. The number of hydrogen-bond donors (Lipinski definition) is 1. The highest BCUT2D eigenvalue weighted by atomic mass is 16.6. The van der Waals surface area contributed by atoms with Crippen LogP contribution in [0.2, 0.25) is 0 Å². The SMILES string of the molecule is C#CC[C@]1(C(=O)N[C@@H](CCC=O)C(=O)OCc2ccccc2)CCC(=O)O1. The standard InChI is InChI=1S/C20H21NO6/c1-2-11-20(12-10-17(23)27-20)19(25)21-16(9-6-13-22)18(24)26-14-15-7-4-3-5-8-15/h1,3-5,7-8,13,16H,6,9-12,14H2,(H,21,25)/t16-,20+/m0/s1. The van der Waals surface area contributed by atoms with Gasteiger partial charge in [0.2, 0.25) is 5.60 Å². The molecule has 1 aliphatic heterocycles. The molecule has 1 aliphatic rings. The van der Waals surface area contributed by atoms with Gasteiger partial charge in [-0.1, -0.05) is 30.3 Å². The Labute approximate surface area is 157 Å². The molecule has 1 heterocycles. The number of cyclic esters (lactones) is 1. The van der Waals surface area contributed by atoms with Crippen LogP contribution >= 0.6 is 0 Å². The topological polar surface area (TPSA) is 98.8 Å². The van der Waals surface area contributed by atoms with Crippen LogP contribution in [0.3, 0.4) is 0 Å². The third kappa shape index (κ3) is 5.42. The summed E-state index contributed by atoms with van der Waals surface area (Å²) < 4.78 is 10.4. The Morgan fingerprint density at radius 1 is 1.37 bits per heavy atom. The minimum absolute atomic E-state index is 0.0393. The Morgan fingerprint density at radius 3 is 2.70 bits per heavy atom. The number of ether oxygens (including phenoxy) is 2. The molecular weight excluding hydrogens is 350 g/mol. The second-order valence-corrected chi connectivity index (χ2v) is 6.21. The van der Waals surface area contributed by atoms with Crippen LogP contribution in [0.1, 0.15) is 37.7 Å². The van der Waals surface area contributed by atoms with Gasteiger partial charge in [-0.05, 0) is 12.0 Å². The fraction of sp³-hybridized carbons (Fsp3) is 0.400. The van der Waals surface area contributed by atoms with E-state index in [-0.39, 0.29) is 38.7 Å². The summed E-state index contributed by atoms with van der Waals surface area (Å²) in [6, 6.07) is 8.02. The molecule has 0 aliphatic carbocycles. The number of terminal acetylenes is 1. The van der Waals surface area contributed by atoms with Gasteiger partial charge in [0.15, 0.2) is 0 Å². The van der Waals surface area contributed by atoms with Crippen LogP contribution in [-0.4, -0.2) is 35.8 Å². The van der Waals surface area contributed by atoms with E-state index in [4.69, 9.17) is 15.9 Å². The van der Waals surface area contributed by atoms with Crippen LogP contribution in [0.5, 0.6) is 0 Å². The first-order chi connectivity index (χ1) is 13.0. The van der Waals surface area contributed by atoms with Crippen molar-refractivity contribution in [3.8, 4) is 12.3 Å². The van der Waals surface area contributed by atoms with E-state index in [1.54, 1.807) is 12.1 Å². The molecule has 1 N–H and O–H groups in total. The molecule has 7 heteroatoms. The second-order valence-electron chi connectivity index (χ2n) is 6.21. The number of amides is 1. The van der Waals surface area contributed by atoms with Crippen molar-refractivity contribution in [2.24, 2.45) is 0 Å². The molecule has 0 bridgehead atoms. The van der Waals surface area contributed by atoms with Gasteiger partial charge in [-0.25, -0.2) is 4.79 Å². The Morgan fingerprint density at radius 2 is 2.11 bits per heavy atom. The fourth-order valence-electron chi connectivity index (χ4n) is 2.76. The largest absolute Gasteiger partial charge is 0.459 e. The van der Waals surface area contributed by atoms with Crippen molar-refractivity contribution in [1.82, 2.24) is 5.32 Å². The molecular formula is C20H21NO6. The van der Waals surface area contributed by atoms with Gasteiger partial charge >= 0.3 is 11.9 Å². The van der Waals surface area contributed by atoms with Crippen molar-refractivity contribution in [2.75, 3.05) is 0 Å². The minimum atomic E-state index is -1.48. The van der Waals surface area contributed by atoms with E-state index in [0.29, 0.717) is 6.29 Å². The molecule has 1 amide bonds. The average Bonchev–Trinajstić information content (AvgIpc) is 3.06. The van der Waals surface area contributed by atoms with Crippen LogP contribution in [0.4, 0.5) is 0 Å². The summed E-state index contributed by atoms with van der Waals surface area (Å²) in [5, 5.41) is 2.53. The van der Waals surface area contributed by atoms with E-state index in [1.165, 1.54) is 0 Å². The van der Waals surface area contributed by atoms with Gasteiger partial charge < -0.3 is 19.6 Å². The smallest absolute Gasteiger partial charge is 0.328 e. The minimum Gasteiger partial charge on any atom is -0.459 e. The number of carbonyl (C=O) groups excluding carboxylic acids is 4. The molecule has 1 fully saturated rings. The van der Waals surface area contributed by atoms with Gasteiger partial charge in [-0.3, -0.25) is 9.59 Å². The van der Waals surface area contributed by atoms with Crippen molar-refractivity contribution < 1.29 is 28.7 Å². The van der Waals surface area contributed by atoms with E-state index in [9.17, 15) is 19.2 Å².